The van der Waals surface area contributed by atoms with Gasteiger partial charge in [-0.3, -0.25) is 4.90 Å². The second kappa shape index (κ2) is 5.30. The summed E-state index contributed by atoms with van der Waals surface area (Å²) in [6.07, 6.45) is 0.0837. The van der Waals surface area contributed by atoms with Crippen LogP contribution < -0.4 is 10.6 Å². The number of carbonyl (C=O) groups is 1. The molecule has 21 heavy (non-hydrogen) atoms. The number of fused-ring (bicyclic) bond motifs is 1. The summed E-state index contributed by atoms with van der Waals surface area (Å²) in [4.78, 5) is 13.6. The van der Waals surface area contributed by atoms with Crippen molar-refractivity contribution in [2.45, 2.75) is 37.6 Å². The Hall–Kier alpha value is -1.61. The van der Waals surface area contributed by atoms with E-state index in [1.807, 2.05) is 13.0 Å². The van der Waals surface area contributed by atoms with Crippen LogP contribution in [0.2, 0.25) is 0 Å². The van der Waals surface area contributed by atoms with E-state index in [1.54, 1.807) is 6.20 Å². The summed E-state index contributed by atoms with van der Waals surface area (Å²) in [6.45, 7) is 1.57. The fourth-order valence-corrected chi connectivity index (χ4v) is 2.87. The predicted molar refractivity (Wildman–Crippen MR) is 71.7 cm³/mol. The van der Waals surface area contributed by atoms with E-state index in [9.17, 15) is 15.0 Å². The van der Waals surface area contributed by atoms with Gasteiger partial charge in [-0.05, 0) is 13.0 Å². The molecule has 5 atom stereocenters. The largest absolute Gasteiger partial charge is 0.394 e. The fraction of sp³-hybridized carbons (Fsp3) is 0.615. The highest BCUT2D eigenvalue weighted by atomic mass is 16.6. The maximum Gasteiger partial charge on any atom is 0.325 e. The molecule has 4 N–H and O–H groups in total. The Balaban J connectivity index is 1.87. The van der Waals surface area contributed by atoms with E-state index in [2.05, 4.69) is 10.6 Å². The first-order valence-corrected chi connectivity index (χ1v) is 6.77. The number of urea groups is 1. The van der Waals surface area contributed by atoms with Gasteiger partial charge in [-0.25, -0.2) is 4.79 Å². The van der Waals surface area contributed by atoms with E-state index in [4.69, 9.17) is 9.47 Å². The average Bonchev–Trinajstić information content (AvgIpc) is 2.96. The summed E-state index contributed by atoms with van der Waals surface area (Å²) < 4.78 is 10.8. The molecule has 0 aliphatic carbocycles. The van der Waals surface area contributed by atoms with E-state index < -0.39 is 24.5 Å². The smallest absolute Gasteiger partial charge is 0.325 e. The summed E-state index contributed by atoms with van der Waals surface area (Å²) in [5, 5.41) is 25.2. The molecule has 0 saturated carbocycles. The number of amides is 2. The first-order valence-electron chi connectivity index (χ1n) is 6.77. The molecule has 0 bridgehead atoms. The number of aliphatic hydroxyl groups excluding tert-OH is 2. The third kappa shape index (κ3) is 2.30. The molecule has 2 unspecified atom stereocenters. The number of ether oxygens (including phenoxy) is 2. The Morgan fingerprint density at radius 2 is 2.24 bits per heavy atom. The summed E-state index contributed by atoms with van der Waals surface area (Å²) in [5.41, 5.74) is 1.85. The Bertz CT molecular complexity index is 506. The van der Waals surface area contributed by atoms with Gasteiger partial charge in [-0.1, -0.05) is 0 Å². The summed E-state index contributed by atoms with van der Waals surface area (Å²) in [6, 6.07) is -0.350. The lowest BCUT2D eigenvalue weighted by molar-refractivity contribution is -0.0739. The molecule has 1 saturated heterocycles. The molecule has 8 nitrogen and oxygen atoms in total. The average molecular weight is 297 g/mol. The second-order valence-electron chi connectivity index (χ2n) is 5.33. The van der Waals surface area contributed by atoms with E-state index in [0.29, 0.717) is 0 Å². The molecule has 0 aromatic rings. The molecule has 3 aliphatic heterocycles. The number of methoxy groups -OCH3 is 1. The predicted octanol–water partition coefficient (Wildman–Crippen LogP) is -1.18. The highest BCUT2D eigenvalue weighted by Crippen LogP contribution is 2.29. The first-order chi connectivity index (χ1) is 10.0. The van der Waals surface area contributed by atoms with E-state index >= 15 is 0 Å². The molecule has 0 aromatic carbocycles. The quantitative estimate of drug-likeness (QED) is 0.523. The van der Waals surface area contributed by atoms with Crippen LogP contribution in [0.25, 0.3) is 0 Å². The number of nitrogens with one attached hydrogen (secondary N) is 2. The van der Waals surface area contributed by atoms with E-state index in [0.717, 1.165) is 11.3 Å². The zero-order valence-corrected chi connectivity index (χ0v) is 11.8. The summed E-state index contributed by atoms with van der Waals surface area (Å²) in [7, 11) is 1.43. The van der Waals surface area contributed by atoms with Crippen LogP contribution in [0.1, 0.15) is 6.92 Å². The van der Waals surface area contributed by atoms with Crippen molar-refractivity contribution < 1.29 is 24.5 Å². The van der Waals surface area contributed by atoms with E-state index in [-0.39, 0.29) is 18.8 Å². The molecule has 1 fully saturated rings. The van der Waals surface area contributed by atoms with Crippen molar-refractivity contribution in [1.82, 2.24) is 15.5 Å². The van der Waals surface area contributed by atoms with Crippen LogP contribution in [0.4, 0.5) is 4.79 Å². The zero-order chi connectivity index (χ0) is 15.1. The molecule has 116 valence electrons. The maximum absolute atomic E-state index is 12.2. The van der Waals surface area contributed by atoms with Crippen LogP contribution in [-0.2, 0) is 9.47 Å². The Morgan fingerprint density at radius 1 is 1.48 bits per heavy atom. The minimum atomic E-state index is -0.993. The first kappa shape index (κ1) is 14.3. The number of aliphatic hydroxyl groups is 2. The SMILES string of the molecule is CO[C@H]1C(N2C=C3C=C(C)NC3NC2=O)O[C@H](CO)[C@H]1O. The number of hydrogen-bond donors (Lipinski definition) is 4. The van der Waals surface area contributed by atoms with Gasteiger partial charge in [0.2, 0.25) is 0 Å². The van der Waals surface area contributed by atoms with Crippen LogP contribution in [0.5, 0.6) is 0 Å². The molecular formula is C13H19N3O5. The van der Waals surface area contributed by atoms with Crippen molar-refractivity contribution in [2.24, 2.45) is 0 Å². The number of nitrogens with zero attached hydrogens (tertiary/aromatic N) is 1. The highest BCUT2D eigenvalue weighted by molar-refractivity contribution is 5.78. The third-order valence-corrected chi connectivity index (χ3v) is 3.92. The molecule has 2 amide bonds. The van der Waals surface area contributed by atoms with Crippen LogP contribution in [0, 0.1) is 0 Å². The number of hydrogen-bond acceptors (Lipinski definition) is 6. The standard InChI is InChI=1S/C13H19N3O5/c1-6-3-7-4-16(13(19)15-11(7)14-6)12-10(20-2)9(18)8(5-17)21-12/h3-4,8-12,14,17-18H,5H2,1-2H3,(H,15,19)/t8-,9-,10-,11?,12?/m1/s1. The van der Waals surface area contributed by atoms with Crippen molar-refractivity contribution in [2.75, 3.05) is 13.7 Å². The molecule has 3 aliphatic rings. The van der Waals surface area contributed by atoms with Gasteiger partial charge in [0.15, 0.2) is 6.23 Å². The van der Waals surface area contributed by atoms with Gasteiger partial charge < -0.3 is 30.3 Å². The molecule has 0 spiro atoms. The van der Waals surface area contributed by atoms with Gasteiger partial charge >= 0.3 is 6.03 Å². The monoisotopic (exact) mass is 297 g/mol. The number of rotatable bonds is 3. The van der Waals surface area contributed by atoms with Crippen molar-refractivity contribution >= 4 is 6.03 Å². The second-order valence-corrected chi connectivity index (χ2v) is 5.33. The highest BCUT2D eigenvalue weighted by Gasteiger charge is 2.48. The number of carbonyl (C=O) groups excluding carboxylic acids is 1. The third-order valence-electron chi connectivity index (χ3n) is 3.92. The van der Waals surface area contributed by atoms with Gasteiger partial charge in [-0.15, -0.1) is 0 Å². The zero-order valence-electron chi connectivity index (χ0n) is 11.8. The molecule has 3 heterocycles. The molecule has 8 heteroatoms. The van der Waals surface area contributed by atoms with Crippen molar-refractivity contribution in [3.63, 3.8) is 0 Å². The Morgan fingerprint density at radius 3 is 2.90 bits per heavy atom. The summed E-state index contributed by atoms with van der Waals surface area (Å²) >= 11 is 0. The Kier molecular flexibility index (Phi) is 3.62. The summed E-state index contributed by atoms with van der Waals surface area (Å²) in [5.74, 6) is 0. The van der Waals surface area contributed by atoms with Crippen LogP contribution in [0.15, 0.2) is 23.5 Å². The minimum absolute atomic E-state index is 0.241. The number of allylic oxidation sites excluding steroid dienone is 1. The van der Waals surface area contributed by atoms with Gasteiger partial charge in [-0.2, -0.15) is 0 Å². The lowest BCUT2D eigenvalue weighted by Gasteiger charge is -2.34. The van der Waals surface area contributed by atoms with Crippen LogP contribution in [0.3, 0.4) is 0 Å². The Labute approximate surface area is 122 Å². The van der Waals surface area contributed by atoms with Gasteiger partial charge in [0.1, 0.15) is 24.5 Å². The molecule has 0 aromatic heterocycles. The van der Waals surface area contributed by atoms with Crippen molar-refractivity contribution in [3.05, 3.63) is 23.5 Å². The topological polar surface area (TPSA) is 103 Å². The van der Waals surface area contributed by atoms with Gasteiger partial charge in [0.25, 0.3) is 0 Å². The fourth-order valence-electron chi connectivity index (χ4n) is 2.87. The molecular weight excluding hydrogens is 278 g/mol. The van der Waals surface area contributed by atoms with Gasteiger partial charge in [0.05, 0.1) is 6.61 Å². The van der Waals surface area contributed by atoms with Gasteiger partial charge in [0, 0.05) is 24.6 Å². The molecule has 0 radical (unpaired) electrons. The lowest BCUT2D eigenvalue weighted by Crippen LogP contribution is -2.56. The van der Waals surface area contributed by atoms with Crippen molar-refractivity contribution in [3.8, 4) is 0 Å². The molecule has 3 rings (SSSR count). The maximum atomic E-state index is 12.2. The van der Waals surface area contributed by atoms with E-state index in [1.165, 1.54) is 12.0 Å². The van der Waals surface area contributed by atoms with Crippen molar-refractivity contribution in [1.29, 1.82) is 0 Å². The minimum Gasteiger partial charge on any atom is -0.394 e. The normalized spacial score (nSPS) is 38.6. The lowest BCUT2D eigenvalue weighted by atomic mass is 10.1. The van der Waals surface area contributed by atoms with Crippen LogP contribution in [-0.4, -0.2) is 65.6 Å². The van der Waals surface area contributed by atoms with Crippen LogP contribution >= 0.6 is 0 Å².